The van der Waals surface area contributed by atoms with Gasteiger partial charge in [-0.2, -0.15) is 0 Å². The molecule has 1 heterocycles. The zero-order valence-electron chi connectivity index (χ0n) is 14.8. The average molecular weight is 369 g/mol. The lowest BCUT2D eigenvalue weighted by Gasteiger charge is -2.28. The van der Waals surface area contributed by atoms with Crippen LogP contribution < -0.4 is 0 Å². The SMILES string of the molecule is CCCCN(C)P1(=O)C=C(c2ccccc2)SC(c2ccccc2)=C1. The quantitative estimate of drug-likeness (QED) is 0.526. The predicted molar refractivity (Wildman–Crippen MR) is 112 cm³/mol. The van der Waals surface area contributed by atoms with E-state index >= 15 is 0 Å². The van der Waals surface area contributed by atoms with Crippen molar-refractivity contribution in [2.75, 3.05) is 13.6 Å². The molecule has 4 heteroatoms. The molecule has 25 heavy (non-hydrogen) atoms. The van der Waals surface area contributed by atoms with Gasteiger partial charge in [-0.05, 0) is 24.6 Å². The lowest BCUT2D eigenvalue weighted by molar-refractivity contribution is 0.471. The molecule has 0 saturated carbocycles. The first-order valence-corrected chi connectivity index (χ1v) is 11.3. The van der Waals surface area contributed by atoms with E-state index in [1.165, 1.54) is 0 Å². The third-order valence-electron chi connectivity index (χ3n) is 4.31. The number of hydrogen-bond acceptors (Lipinski definition) is 2. The molecule has 0 unspecified atom stereocenters. The highest BCUT2D eigenvalue weighted by Crippen LogP contribution is 2.62. The Morgan fingerprint density at radius 1 is 0.880 bits per heavy atom. The number of benzene rings is 2. The van der Waals surface area contributed by atoms with E-state index in [-0.39, 0.29) is 0 Å². The monoisotopic (exact) mass is 369 g/mol. The molecule has 0 radical (unpaired) electrons. The minimum absolute atomic E-state index is 0.843. The van der Waals surface area contributed by atoms with Crippen LogP contribution in [0.2, 0.25) is 0 Å². The van der Waals surface area contributed by atoms with E-state index < -0.39 is 7.29 Å². The van der Waals surface area contributed by atoms with E-state index in [0.29, 0.717) is 0 Å². The van der Waals surface area contributed by atoms with Gasteiger partial charge < -0.3 is 0 Å². The molecule has 1 aliphatic heterocycles. The fourth-order valence-corrected chi connectivity index (χ4v) is 6.72. The molecule has 3 rings (SSSR count). The van der Waals surface area contributed by atoms with Gasteiger partial charge >= 0.3 is 0 Å². The maximum atomic E-state index is 13.8. The van der Waals surface area contributed by atoms with Crippen LogP contribution in [0.5, 0.6) is 0 Å². The van der Waals surface area contributed by atoms with Crippen LogP contribution in [0.3, 0.4) is 0 Å². The summed E-state index contributed by atoms with van der Waals surface area (Å²) in [6.45, 7) is 3.01. The number of unbranched alkanes of at least 4 members (excludes halogenated alkanes) is 1. The third kappa shape index (κ3) is 4.36. The normalized spacial score (nSPS) is 16.4. The largest absolute Gasteiger partial charge is 0.297 e. The number of thioether (sulfide) groups is 1. The van der Waals surface area contributed by atoms with Crippen LogP contribution >= 0.6 is 19.1 Å². The Kier molecular flexibility index (Phi) is 6.01. The molecule has 0 atom stereocenters. The predicted octanol–water partition coefficient (Wildman–Crippen LogP) is 6.74. The number of nitrogens with zero attached hydrogens (tertiary/aromatic N) is 1. The van der Waals surface area contributed by atoms with Gasteiger partial charge in [0.1, 0.15) is 0 Å². The maximum Gasteiger partial charge on any atom is 0.195 e. The molecule has 0 spiro atoms. The second kappa shape index (κ2) is 8.23. The van der Waals surface area contributed by atoms with Crippen LogP contribution in [0.15, 0.2) is 72.3 Å². The molecule has 0 fully saturated rings. The van der Waals surface area contributed by atoms with Gasteiger partial charge in [0.15, 0.2) is 7.29 Å². The summed E-state index contributed by atoms with van der Waals surface area (Å²) in [5.41, 5.74) is 2.25. The first kappa shape index (κ1) is 18.3. The highest BCUT2D eigenvalue weighted by atomic mass is 32.2. The molecule has 2 aromatic carbocycles. The summed E-state index contributed by atoms with van der Waals surface area (Å²) in [6, 6.07) is 20.5. The summed E-state index contributed by atoms with van der Waals surface area (Å²) >= 11 is 1.70. The van der Waals surface area contributed by atoms with Crippen molar-refractivity contribution >= 4 is 28.9 Å². The molecule has 0 N–H and O–H groups in total. The molecular formula is C21H24NOPS. The lowest BCUT2D eigenvalue weighted by Crippen LogP contribution is -2.15. The molecule has 130 valence electrons. The van der Waals surface area contributed by atoms with Crippen molar-refractivity contribution in [1.29, 1.82) is 0 Å². The van der Waals surface area contributed by atoms with Gasteiger partial charge in [-0.3, -0.25) is 9.24 Å². The topological polar surface area (TPSA) is 20.3 Å². The van der Waals surface area contributed by atoms with Crippen molar-refractivity contribution in [3.8, 4) is 0 Å². The van der Waals surface area contributed by atoms with Crippen LogP contribution in [-0.4, -0.2) is 18.3 Å². The van der Waals surface area contributed by atoms with E-state index in [9.17, 15) is 4.57 Å². The van der Waals surface area contributed by atoms with Gasteiger partial charge in [-0.15, -0.1) is 0 Å². The first-order chi connectivity index (χ1) is 12.1. The highest BCUT2D eigenvalue weighted by molar-refractivity contribution is 8.17. The summed E-state index contributed by atoms with van der Waals surface area (Å²) in [6.07, 6.45) is 2.15. The molecule has 1 aliphatic rings. The van der Waals surface area contributed by atoms with Gasteiger partial charge in [-0.25, -0.2) is 0 Å². The summed E-state index contributed by atoms with van der Waals surface area (Å²) in [5.74, 6) is 3.96. The van der Waals surface area contributed by atoms with Crippen molar-refractivity contribution in [2.24, 2.45) is 0 Å². The first-order valence-electron chi connectivity index (χ1n) is 8.68. The minimum atomic E-state index is -2.69. The van der Waals surface area contributed by atoms with E-state index in [1.54, 1.807) is 11.8 Å². The van der Waals surface area contributed by atoms with Crippen molar-refractivity contribution in [3.05, 3.63) is 83.4 Å². The summed E-state index contributed by atoms with van der Waals surface area (Å²) < 4.78 is 15.8. The van der Waals surface area contributed by atoms with Crippen LogP contribution in [0.4, 0.5) is 0 Å². The molecule has 0 bridgehead atoms. The zero-order chi connectivity index (χ0) is 17.7. The van der Waals surface area contributed by atoms with Gasteiger partial charge in [0.2, 0.25) is 0 Å². The van der Waals surface area contributed by atoms with Crippen molar-refractivity contribution < 1.29 is 4.57 Å². The molecule has 0 aromatic heterocycles. The standard InChI is InChI=1S/C21H24NOPS/c1-3-4-15-22(2)24(23)16-20(18-11-7-5-8-12-18)25-21(17-24)19-13-9-6-10-14-19/h5-14,16-17H,3-4,15H2,1-2H3. The van der Waals surface area contributed by atoms with Crippen LogP contribution in [0.25, 0.3) is 9.81 Å². The Hall–Kier alpha value is -1.54. The molecule has 0 aliphatic carbocycles. The smallest absolute Gasteiger partial charge is 0.195 e. The Balaban J connectivity index is 2.02. The Morgan fingerprint density at radius 3 is 1.80 bits per heavy atom. The van der Waals surface area contributed by atoms with Crippen molar-refractivity contribution in [1.82, 2.24) is 4.67 Å². The average Bonchev–Trinajstić information content (AvgIpc) is 2.67. The Bertz CT molecular complexity index is 755. The minimum Gasteiger partial charge on any atom is -0.297 e. The Morgan fingerprint density at radius 2 is 1.36 bits per heavy atom. The summed E-state index contributed by atoms with van der Waals surface area (Å²) in [4.78, 5) is 2.15. The van der Waals surface area contributed by atoms with E-state index in [2.05, 4.69) is 31.2 Å². The van der Waals surface area contributed by atoms with E-state index in [1.807, 2.05) is 59.8 Å². The number of hydrogen-bond donors (Lipinski definition) is 0. The second-order valence-corrected chi connectivity index (χ2v) is 9.86. The van der Waals surface area contributed by atoms with Gasteiger partial charge in [0.05, 0.1) is 0 Å². The molecule has 0 saturated heterocycles. The zero-order valence-corrected chi connectivity index (χ0v) is 16.5. The van der Waals surface area contributed by atoms with Crippen LogP contribution in [-0.2, 0) is 4.57 Å². The summed E-state index contributed by atoms with van der Waals surface area (Å²) in [5, 5.41) is 0. The molecular weight excluding hydrogens is 345 g/mol. The number of rotatable bonds is 6. The van der Waals surface area contributed by atoms with Crippen LogP contribution in [0.1, 0.15) is 30.9 Å². The fraction of sp³-hybridized carbons (Fsp3) is 0.238. The van der Waals surface area contributed by atoms with E-state index in [0.717, 1.165) is 40.3 Å². The maximum absolute atomic E-state index is 13.8. The second-order valence-electron chi connectivity index (χ2n) is 6.23. The lowest BCUT2D eigenvalue weighted by atomic mass is 10.2. The molecule has 2 aromatic rings. The summed E-state index contributed by atoms with van der Waals surface area (Å²) in [7, 11) is -0.712. The van der Waals surface area contributed by atoms with Gasteiger partial charge in [-0.1, -0.05) is 85.8 Å². The molecule has 0 amide bonds. The van der Waals surface area contributed by atoms with Crippen molar-refractivity contribution in [3.63, 3.8) is 0 Å². The highest BCUT2D eigenvalue weighted by Gasteiger charge is 2.29. The van der Waals surface area contributed by atoms with Gasteiger partial charge in [0, 0.05) is 28.0 Å². The third-order valence-corrected chi connectivity index (χ3v) is 8.33. The van der Waals surface area contributed by atoms with Gasteiger partial charge in [0.25, 0.3) is 0 Å². The fourth-order valence-electron chi connectivity index (χ4n) is 2.76. The molecule has 2 nitrogen and oxygen atoms in total. The van der Waals surface area contributed by atoms with Crippen molar-refractivity contribution in [2.45, 2.75) is 19.8 Å². The Labute approximate surface area is 155 Å². The van der Waals surface area contributed by atoms with E-state index in [4.69, 9.17) is 0 Å². The van der Waals surface area contributed by atoms with Crippen LogP contribution in [0, 0.1) is 0 Å².